The van der Waals surface area contributed by atoms with Crippen LogP contribution in [0.1, 0.15) is 21.8 Å². The van der Waals surface area contributed by atoms with Crippen molar-refractivity contribution in [1.82, 2.24) is 9.78 Å². The van der Waals surface area contributed by atoms with Gasteiger partial charge < -0.3 is 9.73 Å². The molecular weight excluding hydrogens is 346 g/mol. The normalized spacial score (nSPS) is 10.6. The largest absolute Gasteiger partial charge is 0.444 e. The van der Waals surface area contributed by atoms with Gasteiger partial charge in [-0.05, 0) is 40.5 Å². The highest BCUT2D eigenvalue weighted by Crippen LogP contribution is 2.17. The molecule has 0 radical (unpaired) electrons. The standard InChI is InChI=1S/C16H14BrN3O2/c1-11-9-15(18-16(21)13-7-8-14(17)22-13)20(19-11)10-12-5-3-2-4-6-12/h2-9H,10H2,1H3,(H,18,21). The van der Waals surface area contributed by atoms with Gasteiger partial charge in [0.15, 0.2) is 10.4 Å². The Bertz CT molecular complexity index is 793. The molecule has 0 fully saturated rings. The molecule has 1 N–H and O–H groups in total. The number of nitrogens with zero attached hydrogens (tertiary/aromatic N) is 2. The summed E-state index contributed by atoms with van der Waals surface area (Å²) in [7, 11) is 0. The smallest absolute Gasteiger partial charge is 0.292 e. The molecule has 1 aromatic carbocycles. The van der Waals surface area contributed by atoms with Crippen molar-refractivity contribution in [3.05, 3.63) is 70.2 Å². The molecule has 0 aliphatic heterocycles. The average molecular weight is 360 g/mol. The Balaban J connectivity index is 1.80. The van der Waals surface area contributed by atoms with Crippen LogP contribution in [0.3, 0.4) is 0 Å². The first kappa shape index (κ1) is 14.6. The number of rotatable bonds is 4. The highest BCUT2D eigenvalue weighted by atomic mass is 79.9. The van der Waals surface area contributed by atoms with Crippen LogP contribution in [-0.2, 0) is 6.54 Å². The highest BCUT2D eigenvalue weighted by molar-refractivity contribution is 9.10. The zero-order chi connectivity index (χ0) is 15.5. The fourth-order valence-corrected chi connectivity index (χ4v) is 2.44. The Morgan fingerprint density at radius 2 is 2.05 bits per heavy atom. The Morgan fingerprint density at radius 3 is 2.73 bits per heavy atom. The maximum atomic E-state index is 12.2. The lowest BCUT2D eigenvalue weighted by Gasteiger charge is -2.08. The van der Waals surface area contributed by atoms with Crippen molar-refractivity contribution < 1.29 is 9.21 Å². The molecule has 0 unspecified atom stereocenters. The number of carbonyl (C=O) groups is 1. The Hall–Kier alpha value is -2.34. The third kappa shape index (κ3) is 3.28. The molecule has 0 aliphatic carbocycles. The third-order valence-corrected chi connectivity index (χ3v) is 3.54. The summed E-state index contributed by atoms with van der Waals surface area (Å²) in [6, 6.07) is 15.1. The van der Waals surface area contributed by atoms with Gasteiger partial charge >= 0.3 is 0 Å². The summed E-state index contributed by atoms with van der Waals surface area (Å²) in [5, 5.41) is 7.25. The second kappa shape index (κ2) is 6.19. The van der Waals surface area contributed by atoms with Crippen LogP contribution in [0.2, 0.25) is 0 Å². The minimum atomic E-state index is -0.306. The monoisotopic (exact) mass is 359 g/mol. The summed E-state index contributed by atoms with van der Waals surface area (Å²) in [5.41, 5.74) is 1.95. The summed E-state index contributed by atoms with van der Waals surface area (Å²) >= 11 is 3.18. The SMILES string of the molecule is Cc1cc(NC(=O)c2ccc(Br)o2)n(Cc2ccccc2)n1. The van der Waals surface area contributed by atoms with Crippen molar-refractivity contribution in [2.75, 3.05) is 5.32 Å². The Labute approximate surface area is 136 Å². The number of amides is 1. The zero-order valence-electron chi connectivity index (χ0n) is 11.9. The predicted octanol–water partition coefficient (Wildman–Crippen LogP) is 3.85. The van der Waals surface area contributed by atoms with Crippen LogP contribution < -0.4 is 5.32 Å². The van der Waals surface area contributed by atoms with E-state index in [4.69, 9.17) is 4.42 Å². The van der Waals surface area contributed by atoms with E-state index >= 15 is 0 Å². The van der Waals surface area contributed by atoms with E-state index in [-0.39, 0.29) is 11.7 Å². The minimum Gasteiger partial charge on any atom is -0.444 e. The van der Waals surface area contributed by atoms with Crippen molar-refractivity contribution in [3.63, 3.8) is 0 Å². The van der Waals surface area contributed by atoms with Gasteiger partial charge in [0.1, 0.15) is 5.82 Å². The van der Waals surface area contributed by atoms with Crippen LogP contribution in [0.15, 0.2) is 57.6 Å². The maximum absolute atomic E-state index is 12.2. The predicted molar refractivity (Wildman–Crippen MR) is 86.9 cm³/mol. The number of aryl methyl sites for hydroxylation is 1. The van der Waals surface area contributed by atoms with Crippen LogP contribution in [0.25, 0.3) is 0 Å². The van der Waals surface area contributed by atoms with Gasteiger partial charge in [0, 0.05) is 6.07 Å². The number of anilines is 1. The molecule has 0 saturated carbocycles. The maximum Gasteiger partial charge on any atom is 0.292 e. The molecule has 0 saturated heterocycles. The van der Waals surface area contributed by atoms with Crippen molar-refractivity contribution in [1.29, 1.82) is 0 Å². The van der Waals surface area contributed by atoms with Gasteiger partial charge in [-0.2, -0.15) is 5.10 Å². The lowest BCUT2D eigenvalue weighted by molar-refractivity contribution is 0.0994. The lowest BCUT2D eigenvalue weighted by atomic mass is 10.2. The Kier molecular flexibility index (Phi) is 4.11. The van der Waals surface area contributed by atoms with E-state index in [1.165, 1.54) is 0 Å². The summed E-state index contributed by atoms with van der Waals surface area (Å²) in [6.45, 7) is 2.48. The molecule has 6 heteroatoms. The highest BCUT2D eigenvalue weighted by Gasteiger charge is 2.14. The van der Waals surface area contributed by atoms with E-state index in [1.54, 1.807) is 16.8 Å². The summed E-state index contributed by atoms with van der Waals surface area (Å²) in [5.74, 6) is 0.579. The van der Waals surface area contributed by atoms with Crippen LogP contribution >= 0.6 is 15.9 Å². The van der Waals surface area contributed by atoms with E-state index in [9.17, 15) is 4.79 Å². The fraction of sp³-hybridized carbons (Fsp3) is 0.125. The number of aromatic nitrogens is 2. The number of nitrogens with one attached hydrogen (secondary N) is 1. The lowest BCUT2D eigenvalue weighted by Crippen LogP contribution is -2.15. The molecule has 3 aromatic rings. The topological polar surface area (TPSA) is 60.1 Å². The minimum absolute atomic E-state index is 0.247. The molecule has 2 aromatic heterocycles. The number of halogens is 1. The molecule has 0 spiro atoms. The number of hydrogen-bond acceptors (Lipinski definition) is 3. The fourth-order valence-electron chi connectivity index (χ4n) is 2.14. The number of furan rings is 1. The van der Waals surface area contributed by atoms with Gasteiger partial charge in [-0.25, -0.2) is 4.68 Å². The van der Waals surface area contributed by atoms with Gasteiger partial charge in [0.05, 0.1) is 12.2 Å². The average Bonchev–Trinajstić information content (AvgIpc) is 3.07. The zero-order valence-corrected chi connectivity index (χ0v) is 13.5. The number of benzene rings is 1. The third-order valence-electron chi connectivity index (χ3n) is 3.12. The quantitative estimate of drug-likeness (QED) is 0.769. The summed E-state index contributed by atoms with van der Waals surface area (Å²) in [4.78, 5) is 12.2. The van der Waals surface area contributed by atoms with Crippen molar-refractivity contribution >= 4 is 27.7 Å². The summed E-state index contributed by atoms with van der Waals surface area (Å²) < 4.78 is 7.54. The van der Waals surface area contributed by atoms with Crippen LogP contribution in [0, 0.1) is 6.92 Å². The first-order valence-electron chi connectivity index (χ1n) is 6.77. The van der Waals surface area contributed by atoms with Crippen molar-refractivity contribution in [3.8, 4) is 0 Å². The molecule has 0 atom stereocenters. The molecule has 1 amide bonds. The van der Waals surface area contributed by atoms with Gasteiger partial charge in [-0.15, -0.1) is 0 Å². The molecule has 22 heavy (non-hydrogen) atoms. The van der Waals surface area contributed by atoms with Gasteiger partial charge in [-0.1, -0.05) is 30.3 Å². The van der Waals surface area contributed by atoms with Crippen LogP contribution in [-0.4, -0.2) is 15.7 Å². The summed E-state index contributed by atoms with van der Waals surface area (Å²) in [6.07, 6.45) is 0. The second-order valence-electron chi connectivity index (χ2n) is 4.87. The van der Waals surface area contributed by atoms with E-state index in [0.29, 0.717) is 17.0 Å². The van der Waals surface area contributed by atoms with Gasteiger partial charge in [-0.3, -0.25) is 4.79 Å². The van der Waals surface area contributed by atoms with Gasteiger partial charge in [0.2, 0.25) is 0 Å². The first-order chi connectivity index (χ1) is 10.6. The van der Waals surface area contributed by atoms with Crippen molar-refractivity contribution in [2.24, 2.45) is 0 Å². The molecule has 112 valence electrons. The van der Waals surface area contributed by atoms with E-state index in [0.717, 1.165) is 11.3 Å². The van der Waals surface area contributed by atoms with Crippen LogP contribution in [0.4, 0.5) is 5.82 Å². The molecule has 5 nitrogen and oxygen atoms in total. The molecule has 2 heterocycles. The number of carbonyl (C=O) groups excluding carboxylic acids is 1. The Morgan fingerprint density at radius 1 is 1.27 bits per heavy atom. The van der Waals surface area contributed by atoms with Gasteiger partial charge in [0.25, 0.3) is 5.91 Å². The van der Waals surface area contributed by atoms with Crippen molar-refractivity contribution in [2.45, 2.75) is 13.5 Å². The van der Waals surface area contributed by atoms with E-state index < -0.39 is 0 Å². The first-order valence-corrected chi connectivity index (χ1v) is 7.56. The number of hydrogen-bond donors (Lipinski definition) is 1. The molecular formula is C16H14BrN3O2. The van der Waals surface area contributed by atoms with E-state index in [1.807, 2.05) is 43.3 Å². The molecule has 0 bridgehead atoms. The molecule has 3 rings (SSSR count). The molecule has 0 aliphatic rings. The second-order valence-corrected chi connectivity index (χ2v) is 5.65. The van der Waals surface area contributed by atoms with Crippen LogP contribution in [0.5, 0.6) is 0 Å². The van der Waals surface area contributed by atoms with E-state index in [2.05, 4.69) is 26.3 Å².